The number of benzene rings is 1. The minimum Gasteiger partial charge on any atom is -0.493 e. The number of hydrogen-bond acceptors (Lipinski definition) is 7. The van der Waals surface area contributed by atoms with Gasteiger partial charge in [0.15, 0.2) is 5.82 Å². The van der Waals surface area contributed by atoms with E-state index < -0.39 is 5.54 Å². The van der Waals surface area contributed by atoms with Crippen LogP contribution in [0.5, 0.6) is 5.75 Å². The van der Waals surface area contributed by atoms with Crippen LogP contribution in [0.3, 0.4) is 0 Å². The van der Waals surface area contributed by atoms with Crippen LogP contribution in [0.2, 0.25) is 0 Å². The maximum absolute atomic E-state index is 6.41. The van der Waals surface area contributed by atoms with Gasteiger partial charge < -0.3 is 15.0 Å². The number of rotatable bonds is 3. The first kappa shape index (κ1) is 15.0. The maximum atomic E-state index is 6.41. The fourth-order valence-electron chi connectivity index (χ4n) is 3.58. The van der Waals surface area contributed by atoms with E-state index in [2.05, 4.69) is 21.2 Å². The predicted molar refractivity (Wildman–Crippen MR) is 94.4 cm³/mol. The van der Waals surface area contributed by atoms with Crippen LogP contribution in [0.1, 0.15) is 37.1 Å². The molecule has 1 fully saturated rings. The first-order chi connectivity index (χ1) is 12.2. The zero-order valence-corrected chi connectivity index (χ0v) is 14.5. The van der Waals surface area contributed by atoms with E-state index in [0.717, 1.165) is 59.9 Å². The highest BCUT2D eigenvalue weighted by atomic mass is 32.1. The summed E-state index contributed by atoms with van der Waals surface area (Å²) in [5.74, 6) is 2.09. The third-order valence-electron chi connectivity index (χ3n) is 5.02. The molecule has 0 amide bonds. The Morgan fingerprint density at radius 3 is 2.96 bits per heavy atom. The van der Waals surface area contributed by atoms with Gasteiger partial charge in [0, 0.05) is 12.0 Å². The van der Waals surface area contributed by atoms with Crippen LogP contribution in [0.4, 0.5) is 0 Å². The second-order valence-corrected chi connectivity index (χ2v) is 7.77. The van der Waals surface area contributed by atoms with E-state index in [1.165, 1.54) is 5.56 Å². The molecule has 2 aromatic heterocycles. The second-order valence-electron chi connectivity index (χ2n) is 6.74. The van der Waals surface area contributed by atoms with E-state index in [0.29, 0.717) is 11.7 Å². The van der Waals surface area contributed by atoms with Gasteiger partial charge >= 0.3 is 0 Å². The fourth-order valence-corrected chi connectivity index (χ4v) is 4.42. The monoisotopic (exact) mass is 354 g/mol. The van der Waals surface area contributed by atoms with Gasteiger partial charge in [-0.15, -0.1) is 11.3 Å². The molecule has 2 aliphatic rings. The Morgan fingerprint density at radius 2 is 2.08 bits per heavy atom. The molecule has 0 atom stereocenters. The standard InChI is InChI=1S/C18H18N4O2S/c19-18(6-1-2-7-18)17-21-15(24-22-17)14-10-20-16(25-14)12-3-4-13-11(9-12)5-8-23-13/h3-4,9-10H,1-2,5-8,19H2. The molecule has 5 rings (SSSR count). The van der Waals surface area contributed by atoms with Crippen LogP contribution in [-0.4, -0.2) is 21.7 Å². The average molecular weight is 354 g/mol. The molecule has 1 aromatic carbocycles. The molecular formula is C18H18N4O2S. The molecule has 0 spiro atoms. The van der Waals surface area contributed by atoms with Crippen LogP contribution in [0, 0.1) is 0 Å². The molecule has 1 aliphatic carbocycles. The number of aromatic nitrogens is 3. The Kier molecular flexibility index (Phi) is 3.39. The summed E-state index contributed by atoms with van der Waals surface area (Å²) in [6.45, 7) is 0.757. The number of thiazole rings is 1. The molecule has 3 heterocycles. The van der Waals surface area contributed by atoms with Crippen molar-refractivity contribution in [2.45, 2.75) is 37.6 Å². The summed E-state index contributed by atoms with van der Waals surface area (Å²) < 4.78 is 11.0. The van der Waals surface area contributed by atoms with Crippen LogP contribution in [0.15, 0.2) is 28.9 Å². The minimum atomic E-state index is -0.435. The normalized spacial score (nSPS) is 18.3. The highest BCUT2D eigenvalue weighted by Crippen LogP contribution is 2.38. The van der Waals surface area contributed by atoms with E-state index in [9.17, 15) is 0 Å². The summed E-state index contributed by atoms with van der Waals surface area (Å²) in [7, 11) is 0. The number of fused-ring (bicyclic) bond motifs is 1. The van der Waals surface area contributed by atoms with Gasteiger partial charge in [-0.25, -0.2) is 4.98 Å². The lowest BCUT2D eigenvalue weighted by atomic mass is 9.99. The molecule has 0 bridgehead atoms. The first-order valence-electron chi connectivity index (χ1n) is 8.57. The third-order valence-corrected chi connectivity index (χ3v) is 6.05. The number of hydrogen-bond donors (Lipinski definition) is 1. The molecule has 128 valence electrons. The molecule has 3 aromatic rings. The molecule has 0 radical (unpaired) electrons. The number of nitrogens with zero attached hydrogens (tertiary/aromatic N) is 3. The Bertz CT molecular complexity index is 927. The van der Waals surface area contributed by atoms with E-state index in [-0.39, 0.29) is 0 Å². The van der Waals surface area contributed by atoms with Gasteiger partial charge in [0.25, 0.3) is 5.89 Å². The van der Waals surface area contributed by atoms with Gasteiger partial charge in [0.2, 0.25) is 0 Å². The van der Waals surface area contributed by atoms with Crippen molar-refractivity contribution in [3.05, 3.63) is 35.8 Å². The Labute approximate surface area is 149 Å². The summed E-state index contributed by atoms with van der Waals surface area (Å²) in [6.07, 6.45) is 6.81. The van der Waals surface area contributed by atoms with Crippen molar-refractivity contribution in [2.24, 2.45) is 5.73 Å². The molecule has 0 unspecified atom stereocenters. The summed E-state index contributed by atoms with van der Waals surface area (Å²) in [4.78, 5) is 9.95. The summed E-state index contributed by atoms with van der Waals surface area (Å²) in [5.41, 5.74) is 8.30. The van der Waals surface area contributed by atoms with Crippen molar-refractivity contribution < 1.29 is 9.26 Å². The SMILES string of the molecule is NC1(c2noc(-c3cnc(-c4ccc5c(c4)CCO5)s3)n2)CCCC1. The topological polar surface area (TPSA) is 87.1 Å². The molecule has 25 heavy (non-hydrogen) atoms. The number of nitrogens with two attached hydrogens (primary N) is 1. The van der Waals surface area contributed by atoms with Gasteiger partial charge in [0.1, 0.15) is 15.6 Å². The zero-order chi connectivity index (χ0) is 16.9. The molecular weight excluding hydrogens is 336 g/mol. The Morgan fingerprint density at radius 1 is 1.20 bits per heavy atom. The smallest absolute Gasteiger partial charge is 0.269 e. The third kappa shape index (κ3) is 2.54. The van der Waals surface area contributed by atoms with Crippen LogP contribution in [0.25, 0.3) is 21.3 Å². The van der Waals surface area contributed by atoms with Crippen LogP contribution >= 0.6 is 11.3 Å². The fraction of sp³-hybridized carbons (Fsp3) is 0.389. The highest BCUT2D eigenvalue weighted by molar-refractivity contribution is 7.18. The van der Waals surface area contributed by atoms with Gasteiger partial charge in [0.05, 0.1) is 18.3 Å². The summed E-state index contributed by atoms with van der Waals surface area (Å²) >= 11 is 1.55. The average Bonchev–Trinajstić information content (AvgIpc) is 3.38. The molecule has 1 saturated carbocycles. The molecule has 6 nitrogen and oxygen atoms in total. The van der Waals surface area contributed by atoms with E-state index in [1.54, 1.807) is 17.5 Å². The lowest BCUT2D eigenvalue weighted by molar-refractivity contribution is 0.357. The lowest BCUT2D eigenvalue weighted by Gasteiger charge is -2.17. The van der Waals surface area contributed by atoms with Crippen LogP contribution in [-0.2, 0) is 12.0 Å². The van der Waals surface area contributed by atoms with Crippen molar-refractivity contribution in [3.8, 4) is 27.1 Å². The van der Waals surface area contributed by atoms with Gasteiger partial charge in [-0.05, 0) is 36.6 Å². The second kappa shape index (κ2) is 5.64. The van der Waals surface area contributed by atoms with Crippen molar-refractivity contribution in [2.75, 3.05) is 6.61 Å². The first-order valence-corrected chi connectivity index (χ1v) is 9.38. The minimum absolute atomic E-state index is 0.435. The zero-order valence-electron chi connectivity index (χ0n) is 13.7. The Balaban J connectivity index is 1.44. The van der Waals surface area contributed by atoms with E-state index >= 15 is 0 Å². The quantitative estimate of drug-likeness (QED) is 0.774. The van der Waals surface area contributed by atoms with Crippen molar-refractivity contribution in [3.63, 3.8) is 0 Å². The Hall–Kier alpha value is -2.25. The molecule has 7 heteroatoms. The molecule has 1 aliphatic heterocycles. The largest absolute Gasteiger partial charge is 0.493 e. The van der Waals surface area contributed by atoms with Crippen molar-refractivity contribution in [1.29, 1.82) is 0 Å². The van der Waals surface area contributed by atoms with Crippen LogP contribution < -0.4 is 10.5 Å². The van der Waals surface area contributed by atoms with Gasteiger partial charge in [-0.3, -0.25) is 0 Å². The lowest BCUT2D eigenvalue weighted by Crippen LogP contribution is -2.34. The van der Waals surface area contributed by atoms with E-state index in [4.69, 9.17) is 15.0 Å². The molecule has 0 saturated heterocycles. The summed E-state index contributed by atoms with van der Waals surface area (Å²) in [5, 5.41) is 5.06. The highest BCUT2D eigenvalue weighted by Gasteiger charge is 2.36. The van der Waals surface area contributed by atoms with Gasteiger partial charge in [-0.2, -0.15) is 4.98 Å². The predicted octanol–water partition coefficient (Wildman–Crippen LogP) is 3.52. The van der Waals surface area contributed by atoms with Gasteiger partial charge in [-0.1, -0.05) is 18.0 Å². The van der Waals surface area contributed by atoms with Crippen molar-refractivity contribution in [1.82, 2.24) is 15.1 Å². The summed E-state index contributed by atoms with van der Waals surface area (Å²) in [6, 6.07) is 6.21. The van der Waals surface area contributed by atoms with E-state index in [1.807, 2.05) is 12.1 Å². The molecule has 2 N–H and O–H groups in total. The van der Waals surface area contributed by atoms with Crippen molar-refractivity contribution >= 4 is 11.3 Å². The maximum Gasteiger partial charge on any atom is 0.269 e. The number of ether oxygens (including phenoxy) is 1.